The smallest absolute Gasteiger partial charge is 0.335 e. The van der Waals surface area contributed by atoms with Gasteiger partial charge in [-0.15, -0.1) is 0 Å². The zero-order valence-corrected chi connectivity index (χ0v) is 16.0. The van der Waals surface area contributed by atoms with Crippen LogP contribution in [0, 0.1) is 28.6 Å². The maximum Gasteiger partial charge on any atom is 0.335 e. The first-order valence-electron chi connectivity index (χ1n) is 9.80. The first-order valence-corrected chi connectivity index (χ1v) is 9.80. The molecule has 3 aliphatic carbocycles. The molecule has 0 aromatic carbocycles. The third kappa shape index (κ3) is 1.72. The van der Waals surface area contributed by atoms with Gasteiger partial charge in [-0.1, -0.05) is 12.5 Å². The van der Waals surface area contributed by atoms with Crippen molar-refractivity contribution in [3.8, 4) is 0 Å². The number of carbonyl (C=O) groups excluding carboxylic acids is 2. The molecule has 8 nitrogen and oxygen atoms in total. The number of allylic oxidation sites excluding steroid dienone is 1. The minimum Gasteiger partial charge on any atom is -0.460 e. The van der Waals surface area contributed by atoms with Gasteiger partial charge in [-0.05, 0) is 32.3 Å². The Morgan fingerprint density at radius 1 is 1.11 bits per heavy atom. The largest absolute Gasteiger partial charge is 0.460 e. The molecule has 4 fully saturated rings. The van der Waals surface area contributed by atoms with Crippen LogP contribution < -0.4 is 0 Å². The van der Waals surface area contributed by atoms with Crippen molar-refractivity contribution in [2.24, 2.45) is 28.6 Å². The molecule has 28 heavy (non-hydrogen) atoms. The summed E-state index contributed by atoms with van der Waals surface area (Å²) in [5.41, 5.74) is -2.67. The van der Waals surface area contributed by atoms with Gasteiger partial charge in [-0.3, -0.25) is 4.79 Å². The van der Waals surface area contributed by atoms with Crippen molar-refractivity contribution < 1.29 is 39.5 Å². The van der Waals surface area contributed by atoms with Crippen molar-refractivity contribution in [1.29, 1.82) is 0 Å². The van der Waals surface area contributed by atoms with Crippen LogP contribution in [0.25, 0.3) is 0 Å². The van der Waals surface area contributed by atoms with Gasteiger partial charge in [0.1, 0.15) is 23.9 Å². The van der Waals surface area contributed by atoms with Gasteiger partial charge in [0.25, 0.3) is 0 Å². The Balaban J connectivity index is 1.78. The molecular weight excluding hydrogens is 368 g/mol. The van der Waals surface area contributed by atoms with Crippen molar-refractivity contribution in [1.82, 2.24) is 0 Å². The number of hydrogen-bond acceptors (Lipinski definition) is 8. The molecule has 4 N–H and O–H groups in total. The van der Waals surface area contributed by atoms with Crippen molar-refractivity contribution in [3.63, 3.8) is 0 Å². The van der Waals surface area contributed by atoms with E-state index in [-0.39, 0.29) is 12.5 Å². The molecule has 154 valence electrons. The fourth-order valence-electron chi connectivity index (χ4n) is 7.59. The second kappa shape index (κ2) is 5.23. The Kier molecular flexibility index (Phi) is 3.49. The number of ether oxygens (including phenoxy) is 2. The molecule has 0 radical (unpaired) electrons. The SMILES string of the molecule is CC1=CC(=O)[C@@H](O)[C@]2(C)[C@H]3[C@@H](O)[C@H](O)[C@]4(C)OC[C@@]35[C@@H](C[C@@H]12)OC(=O)[C@H](O)[C@@H]45. The van der Waals surface area contributed by atoms with Crippen LogP contribution in [-0.2, 0) is 19.1 Å². The summed E-state index contributed by atoms with van der Waals surface area (Å²) in [6.07, 6.45) is -4.46. The van der Waals surface area contributed by atoms with Crippen LogP contribution in [0.15, 0.2) is 11.6 Å². The summed E-state index contributed by atoms with van der Waals surface area (Å²) in [7, 11) is 0. The van der Waals surface area contributed by atoms with Crippen LogP contribution in [0.2, 0.25) is 0 Å². The molecule has 2 bridgehead atoms. The van der Waals surface area contributed by atoms with E-state index in [9.17, 15) is 30.0 Å². The number of aliphatic hydroxyl groups excluding tert-OH is 4. The minimum absolute atomic E-state index is 0.0634. The predicted molar refractivity (Wildman–Crippen MR) is 92.7 cm³/mol. The summed E-state index contributed by atoms with van der Waals surface area (Å²) >= 11 is 0. The van der Waals surface area contributed by atoms with Crippen LogP contribution in [0.4, 0.5) is 0 Å². The second-order valence-corrected chi connectivity index (χ2v) is 9.69. The summed E-state index contributed by atoms with van der Waals surface area (Å²) in [4.78, 5) is 25.0. The van der Waals surface area contributed by atoms with E-state index < -0.39 is 70.5 Å². The third-order valence-corrected chi connectivity index (χ3v) is 8.73. The highest BCUT2D eigenvalue weighted by Gasteiger charge is 2.81. The highest BCUT2D eigenvalue weighted by Crippen LogP contribution is 2.72. The average Bonchev–Trinajstić information content (AvgIpc) is 2.90. The van der Waals surface area contributed by atoms with Gasteiger partial charge in [0.2, 0.25) is 0 Å². The lowest BCUT2D eigenvalue weighted by atomic mass is 9.38. The number of aliphatic hydroxyl groups is 4. The number of fused-ring (bicyclic) bond motifs is 2. The van der Waals surface area contributed by atoms with Crippen LogP contribution in [0.3, 0.4) is 0 Å². The Labute approximate surface area is 162 Å². The second-order valence-electron chi connectivity index (χ2n) is 9.69. The molecule has 1 spiro atoms. The number of rotatable bonds is 0. The fourth-order valence-corrected chi connectivity index (χ4v) is 7.59. The molecule has 11 atom stereocenters. The Bertz CT molecular complexity index is 808. The quantitative estimate of drug-likeness (QED) is 0.382. The van der Waals surface area contributed by atoms with E-state index in [4.69, 9.17) is 9.47 Å². The number of esters is 1. The monoisotopic (exact) mass is 394 g/mol. The van der Waals surface area contributed by atoms with E-state index in [0.717, 1.165) is 5.57 Å². The summed E-state index contributed by atoms with van der Waals surface area (Å²) in [6.45, 7) is 5.21. The maximum atomic E-state index is 12.5. The Hall–Kier alpha value is -1.32. The lowest BCUT2D eigenvalue weighted by Crippen LogP contribution is -2.78. The highest BCUT2D eigenvalue weighted by molar-refractivity contribution is 5.96. The normalized spacial score (nSPS) is 59.9. The van der Waals surface area contributed by atoms with E-state index in [1.807, 2.05) is 0 Å². The summed E-state index contributed by atoms with van der Waals surface area (Å²) in [5.74, 6) is -3.13. The average molecular weight is 394 g/mol. The molecule has 0 aromatic heterocycles. The van der Waals surface area contributed by atoms with Crippen molar-refractivity contribution in [3.05, 3.63) is 11.6 Å². The van der Waals surface area contributed by atoms with Crippen molar-refractivity contribution in [2.75, 3.05) is 6.61 Å². The maximum absolute atomic E-state index is 12.5. The first kappa shape index (κ1) is 18.7. The van der Waals surface area contributed by atoms with Gasteiger partial charge in [-0.25, -0.2) is 4.79 Å². The van der Waals surface area contributed by atoms with Crippen LogP contribution in [0.1, 0.15) is 27.2 Å². The molecule has 0 amide bonds. The molecule has 2 aliphatic heterocycles. The molecule has 5 aliphatic rings. The molecule has 0 aromatic rings. The van der Waals surface area contributed by atoms with Gasteiger partial charge in [-0.2, -0.15) is 0 Å². The van der Waals surface area contributed by atoms with Crippen molar-refractivity contribution in [2.45, 2.75) is 63.3 Å². The lowest BCUT2D eigenvalue weighted by molar-refractivity contribution is -0.296. The van der Waals surface area contributed by atoms with Crippen LogP contribution in [0.5, 0.6) is 0 Å². The molecular formula is C20H26O8. The predicted octanol–water partition coefficient (Wildman–Crippen LogP) is -1.07. The number of hydrogen-bond donors (Lipinski definition) is 4. The van der Waals surface area contributed by atoms with E-state index in [1.54, 1.807) is 20.8 Å². The summed E-state index contributed by atoms with van der Waals surface area (Å²) in [6, 6.07) is 0. The van der Waals surface area contributed by atoms with E-state index in [1.165, 1.54) is 6.08 Å². The molecule has 2 heterocycles. The van der Waals surface area contributed by atoms with E-state index in [0.29, 0.717) is 6.42 Å². The van der Waals surface area contributed by atoms with Gasteiger partial charge in [0.15, 0.2) is 11.9 Å². The zero-order valence-electron chi connectivity index (χ0n) is 16.0. The van der Waals surface area contributed by atoms with Gasteiger partial charge in [0.05, 0.1) is 12.7 Å². The van der Waals surface area contributed by atoms with Gasteiger partial charge < -0.3 is 29.9 Å². The molecule has 2 saturated heterocycles. The topological polar surface area (TPSA) is 134 Å². The molecule has 0 unspecified atom stereocenters. The van der Waals surface area contributed by atoms with E-state index in [2.05, 4.69) is 0 Å². The molecule has 5 rings (SSSR count). The third-order valence-electron chi connectivity index (χ3n) is 8.73. The van der Waals surface area contributed by atoms with Crippen LogP contribution in [-0.4, -0.2) is 74.9 Å². The first-order chi connectivity index (χ1) is 13.0. The zero-order chi connectivity index (χ0) is 20.4. The summed E-state index contributed by atoms with van der Waals surface area (Å²) < 4.78 is 11.6. The highest BCUT2D eigenvalue weighted by atomic mass is 16.6. The van der Waals surface area contributed by atoms with E-state index >= 15 is 0 Å². The van der Waals surface area contributed by atoms with Crippen molar-refractivity contribution >= 4 is 11.8 Å². The fraction of sp³-hybridized carbons (Fsp3) is 0.800. The number of ketones is 1. The standard InChI is InChI=1S/C20H26O8/c1-7-4-9(21)15(24)18(2)8(7)5-10-20-6-27-19(3,16(25)11(22)13(18)20)14(20)12(23)17(26)28-10/h4,8,10-16,22-25H,5-6H2,1-3H3/t8-,10+,11+,12+,13+,14-,15+,16-,18-,19+,20+/m0/s1. The number of carbonyl (C=O) groups is 2. The Morgan fingerprint density at radius 2 is 1.79 bits per heavy atom. The van der Waals surface area contributed by atoms with Crippen LogP contribution >= 0.6 is 0 Å². The lowest BCUT2D eigenvalue weighted by Gasteiger charge is -2.68. The minimum atomic E-state index is -1.51. The Morgan fingerprint density at radius 3 is 2.46 bits per heavy atom. The van der Waals surface area contributed by atoms with Gasteiger partial charge in [0, 0.05) is 22.7 Å². The molecule has 2 saturated carbocycles. The summed E-state index contributed by atoms with van der Waals surface area (Å²) in [5, 5.41) is 43.9. The molecule has 8 heteroatoms. The van der Waals surface area contributed by atoms with Gasteiger partial charge >= 0.3 is 5.97 Å².